The van der Waals surface area contributed by atoms with E-state index in [2.05, 4.69) is 4.98 Å². The van der Waals surface area contributed by atoms with E-state index < -0.39 is 29.0 Å². The van der Waals surface area contributed by atoms with Crippen molar-refractivity contribution < 1.29 is 97.5 Å². The summed E-state index contributed by atoms with van der Waals surface area (Å²) in [6.07, 6.45) is 0. The van der Waals surface area contributed by atoms with Gasteiger partial charge >= 0.3 is 64.7 Å². The van der Waals surface area contributed by atoms with Gasteiger partial charge in [0.25, 0.3) is 0 Å². The summed E-state index contributed by atoms with van der Waals surface area (Å²) >= 11 is 0. The van der Waals surface area contributed by atoms with Gasteiger partial charge in [0.05, 0.1) is 36.5 Å². The number of pyridine rings is 1. The summed E-state index contributed by atoms with van der Waals surface area (Å²) in [7, 11) is 0. The Hall–Kier alpha value is -1.92. The summed E-state index contributed by atoms with van der Waals surface area (Å²) in [6, 6.07) is 8.69. The largest absolute Gasteiger partial charge is 1.00 e. The number of rotatable bonds is 10. The quantitative estimate of drug-likeness (QED) is 0.158. The number of carboxylic acids is 2. The average Bonchev–Trinajstić information content (AvgIpc) is 2.72. The number of carbonyl (C=O) groups excluding carboxylic acids is 2. The number of carbonyl (C=O) groups is 2. The van der Waals surface area contributed by atoms with Gasteiger partial charge in [0.2, 0.25) is 0 Å². The van der Waals surface area contributed by atoms with Crippen LogP contribution in [0.15, 0.2) is 45.6 Å². The van der Waals surface area contributed by atoms with Crippen molar-refractivity contribution in [3.8, 4) is 11.5 Å². The molecule has 2 aromatic heterocycles. The van der Waals surface area contributed by atoms with Crippen LogP contribution in [-0.2, 0) is 4.74 Å². The predicted octanol–water partition coefficient (Wildman–Crippen LogP) is -6.29. The van der Waals surface area contributed by atoms with E-state index in [0.717, 1.165) is 23.1 Å². The SMILES string of the molecule is Cc1cc(=O)oc2cc(OCCOCCOc3cc(C(=O)[O-])nc(C(=O)[O-])c3)ccc12.[Na+].[Na+]. The zero-order chi connectivity index (χ0) is 22.4. The fourth-order valence-corrected chi connectivity index (χ4v) is 2.73. The molecule has 0 amide bonds. The number of aryl methyl sites for hydroxylation is 1. The third kappa shape index (κ3) is 8.42. The van der Waals surface area contributed by atoms with E-state index in [9.17, 15) is 24.6 Å². The Morgan fingerprint density at radius 3 is 2.03 bits per heavy atom. The van der Waals surface area contributed by atoms with Gasteiger partial charge in [0, 0.05) is 29.7 Å². The van der Waals surface area contributed by atoms with Gasteiger partial charge in [-0.25, -0.2) is 9.78 Å². The van der Waals surface area contributed by atoms with E-state index in [1.807, 2.05) is 6.92 Å². The van der Waals surface area contributed by atoms with Crippen molar-refractivity contribution in [3.05, 3.63) is 63.8 Å². The molecule has 0 atom stereocenters. The Bertz CT molecular complexity index is 1150. The van der Waals surface area contributed by atoms with Crippen molar-refractivity contribution >= 4 is 22.9 Å². The van der Waals surface area contributed by atoms with Crippen LogP contribution >= 0.6 is 0 Å². The summed E-state index contributed by atoms with van der Waals surface area (Å²) in [5.41, 5.74) is -0.340. The van der Waals surface area contributed by atoms with E-state index in [1.54, 1.807) is 18.2 Å². The molecule has 0 radical (unpaired) electrons. The molecular weight excluding hydrogens is 456 g/mol. The first-order valence-corrected chi connectivity index (χ1v) is 9.16. The number of carboxylic acid groups (broad SMARTS) is 2. The molecule has 33 heavy (non-hydrogen) atoms. The number of hydrogen-bond acceptors (Lipinski definition) is 10. The third-order valence-electron chi connectivity index (χ3n) is 4.13. The van der Waals surface area contributed by atoms with Crippen LogP contribution in [0.25, 0.3) is 11.0 Å². The first kappa shape index (κ1) is 29.1. The van der Waals surface area contributed by atoms with Gasteiger partial charge in [0.1, 0.15) is 30.3 Å². The zero-order valence-corrected chi connectivity index (χ0v) is 22.4. The Balaban J connectivity index is 0.00000272. The van der Waals surface area contributed by atoms with Gasteiger partial charge in [0.15, 0.2) is 0 Å². The predicted molar refractivity (Wildman–Crippen MR) is 102 cm³/mol. The average molecular weight is 473 g/mol. The van der Waals surface area contributed by atoms with Crippen LogP contribution in [0.3, 0.4) is 0 Å². The van der Waals surface area contributed by atoms with Crippen LogP contribution in [0.5, 0.6) is 11.5 Å². The van der Waals surface area contributed by atoms with Crippen LogP contribution in [-0.4, -0.2) is 43.4 Å². The monoisotopic (exact) mass is 473 g/mol. The van der Waals surface area contributed by atoms with E-state index in [-0.39, 0.29) is 91.3 Å². The maximum absolute atomic E-state index is 11.5. The number of nitrogens with zero attached hydrogens (tertiary/aromatic N) is 1. The smallest absolute Gasteiger partial charge is 0.543 e. The molecule has 0 spiro atoms. The van der Waals surface area contributed by atoms with Gasteiger partial charge in [-0.3, -0.25) is 0 Å². The molecule has 3 aromatic rings. The number of benzene rings is 1. The minimum atomic E-state index is -1.63. The van der Waals surface area contributed by atoms with Crippen LogP contribution in [0, 0.1) is 6.92 Å². The molecule has 162 valence electrons. The molecule has 0 aliphatic rings. The molecule has 0 aliphatic carbocycles. The maximum atomic E-state index is 11.5. The van der Waals surface area contributed by atoms with Gasteiger partial charge in [-0.15, -0.1) is 0 Å². The molecule has 1 aromatic carbocycles. The fraction of sp³-hybridized carbons (Fsp3) is 0.238. The first-order chi connectivity index (χ1) is 14.8. The fourth-order valence-electron chi connectivity index (χ4n) is 2.73. The molecule has 0 unspecified atom stereocenters. The number of aromatic carboxylic acids is 2. The van der Waals surface area contributed by atoms with Crippen molar-refractivity contribution in [2.75, 3.05) is 26.4 Å². The molecule has 10 nitrogen and oxygen atoms in total. The second kappa shape index (κ2) is 13.7. The minimum absolute atomic E-state index is 0. The van der Waals surface area contributed by atoms with Crippen LogP contribution in [0.1, 0.15) is 26.5 Å². The minimum Gasteiger partial charge on any atom is -0.543 e. The molecule has 0 N–H and O–H groups in total. The number of ether oxygens (including phenoxy) is 3. The standard InChI is InChI=1S/C21H19NO9.2Na/c1-12-8-19(23)31-18-11-13(2-3-15(12)18)29-6-4-28-5-7-30-14-9-16(20(24)25)22-17(10-14)21(26)27;;/h2-3,8-11H,4-7H2,1H3,(H,24,25)(H,26,27);;/q;2*+1/p-2. The molecule has 2 heterocycles. The molecule has 0 saturated carbocycles. The maximum Gasteiger partial charge on any atom is 1.00 e. The molecule has 0 aliphatic heterocycles. The Kier molecular flexibility index (Phi) is 12.1. The first-order valence-electron chi connectivity index (χ1n) is 9.16. The van der Waals surface area contributed by atoms with Crippen molar-refractivity contribution in [2.24, 2.45) is 0 Å². The topological polar surface area (TPSA) is 151 Å². The van der Waals surface area contributed by atoms with Crippen LogP contribution in [0.2, 0.25) is 0 Å². The van der Waals surface area contributed by atoms with Gasteiger partial charge < -0.3 is 38.4 Å². The van der Waals surface area contributed by atoms with Crippen molar-refractivity contribution in [1.29, 1.82) is 0 Å². The molecule has 3 rings (SSSR count). The summed E-state index contributed by atoms with van der Waals surface area (Å²) in [5.74, 6) is -2.77. The normalized spacial score (nSPS) is 10.1. The van der Waals surface area contributed by atoms with Gasteiger partial charge in [-0.2, -0.15) is 0 Å². The summed E-state index contributed by atoms with van der Waals surface area (Å²) in [6.45, 7) is 2.44. The van der Waals surface area contributed by atoms with E-state index in [4.69, 9.17) is 18.6 Å². The summed E-state index contributed by atoms with van der Waals surface area (Å²) < 4.78 is 21.4. The van der Waals surface area contributed by atoms with Crippen LogP contribution in [0.4, 0.5) is 0 Å². The van der Waals surface area contributed by atoms with E-state index in [1.165, 1.54) is 6.07 Å². The van der Waals surface area contributed by atoms with Crippen LogP contribution < -0.4 is 84.4 Å². The number of aromatic nitrogens is 1. The summed E-state index contributed by atoms with van der Waals surface area (Å²) in [4.78, 5) is 36.7. The molecule has 0 fully saturated rings. The van der Waals surface area contributed by atoms with Gasteiger partial charge in [-0.1, -0.05) is 0 Å². The number of fused-ring (bicyclic) bond motifs is 1. The Morgan fingerprint density at radius 1 is 0.879 bits per heavy atom. The van der Waals surface area contributed by atoms with Gasteiger partial charge in [-0.05, 0) is 24.6 Å². The van der Waals surface area contributed by atoms with Crippen molar-refractivity contribution in [3.63, 3.8) is 0 Å². The zero-order valence-electron chi connectivity index (χ0n) is 18.4. The molecule has 12 heteroatoms. The summed E-state index contributed by atoms with van der Waals surface area (Å²) in [5, 5.41) is 22.6. The Labute approximate surface area is 232 Å². The molecule has 0 bridgehead atoms. The number of hydrogen-bond donors (Lipinski definition) is 0. The molecule has 0 saturated heterocycles. The third-order valence-corrected chi connectivity index (χ3v) is 4.13. The Morgan fingerprint density at radius 2 is 1.45 bits per heavy atom. The van der Waals surface area contributed by atoms with Crippen molar-refractivity contribution in [2.45, 2.75) is 6.92 Å². The van der Waals surface area contributed by atoms with E-state index >= 15 is 0 Å². The second-order valence-electron chi connectivity index (χ2n) is 6.36. The van der Waals surface area contributed by atoms with E-state index in [0.29, 0.717) is 11.3 Å². The van der Waals surface area contributed by atoms with Crippen molar-refractivity contribution in [1.82, 2.24) is 4.98 Å². The second-order valence-corrected chi connectivity index (χ2v) is 6.36. The molecular formula is C21H17NNa2O9.